The molecule has 1 aromatic heterocycles. The Bertz CT molecular complexity index is 443. The zero-order valence-electron chi connectivity index (χ0n) is 8.05. The molecule has 0 unspecified atom stereocenters. The van der Waals surface area contributed by atoms with Crippen molar-refractivity contribution in [2.75, 3.05) is 5.32 Å². The average Bonchev–Trinajstić information content (AvgIpc) is 2.25. The van der Waals surface area contributed by atoms with Gasteiger partial charge in [-0.2, -0.15) is 13.2 Å². The summed E-state index contributed by atoms with van der Waals surface area (Å²) in [7, 11) is 0. The summed E-state index contributed by atoms with van der Waals surface area (Å²) in [5.74, 6) is -1.91. The van der Waals surface area contributed by atoms with Gasteiger partial charge in [-0.3, -0.25) is 4.79 Å². The number of nitrogens with zero attached hydrogens (tertiary/aromatic N) is 1. The molecule has 1 heterocycles. The van der Waals surface area contributed by atoms with Gasteiger partial charge < -0.3 is 5.32 Å². The highest BCUT2D eigenvalue weighted by molar-refractivity contribution is 6.43. The van der Waals surface area contributed by atoms with E-state index in [1.807, 2.05) is 0 Å². The molecule has 1 rings (SSSR count). The van der Waals surface area contributed by atoms with Gasteiger partial charge in [0.1, 0.15) is 10.9 Å². The van der Waals surface area contributed by atoms with Crippen LogP contribution in [0.5, 0.6) is 0 Å². The standard InChI is InChI=1S/C9H5Cl2F3N2O/c10-5-1-2-7(15-3-5)16-4-6(11)8(17)9(12,13)14/h1-4H,(H,15,16)/b6-4-. The van der Waals surface area contributed by atoms with Gasteiger partial charge in [0.2, 0.25) is 0 Å². The highest BCUT2D eigenvalue weighted by Gasteiger charge is 2.40. The molecule has 0 fully saturated rings. The van der Waals surface area contributed by atoms with Crippen LogP contribution in [-0.2, 0) is 4.79 Å². The minimum Gasteiger partial charge on any atom is -0.345 e. The minimum absolute atomic E-state index is 0.211. The normalized spacial score (nSPS) is 12.4. The third-order valence-electron chi connectivity index (χ3n) is 1.55. The number of alkyl halides is 3. The maximum atomic E-state index is 11.9. The Labute approximate surface area is 104 Å². The zero-order valence-corrected chi connectivity index (χ0v) is 9.57. The van der Waals surface area contributed by atoms with Crippen LogP contribution < -0.4 is 5.32 Å². The van der Waals surface area contributed by atoms with Gasteiger partial charge in [0, 0.05) is 12.4 Å². The summed E-state index contributed by atoms with van der Waals surface area (Å²) in [4.78, 5) is 14.4. The molecule has 0 aliphatic heterocycles. The molecule has 0 bridgehead atoms. The summed E-state index contributed by atoms with van der Waals surface area (Å²) in [6.45, 7) is 0. The molecular weight excluding hydrogens is 280 g/mol. The van der Waals surface area contributed by atoms with Gasteiger partial charge in [-0.05, 0) is 12.1 Å². The van der Waals surface area contributed by atoms with Crippen molar-refractivity contribution in [1.29, 1.82) is 0 Å². The molecule has 1 aromatic rings. The predicted octanol–water partition coefficient (Wildman–Crippen LogP) is 3.36. The van der Waals surface area contributed by atoms with Crippen molar-refractivity contribution in [2.24, 2.45) is 0 Å². The first-order chi connectivity index (χ1) is 7.80. The lowest BCUT2D eigenvalue weighted by Crippen LogP contribution is -2.23. The van der Waals surface area contributed by atoms with Crippen LogP contribution in [0.1, 0.15) is 0 Å². The number of Topliss-reactive ketones (excluding diaryl/α,β-unsaturated/α-hetero) is 1. The van der Waals surface area contributed by atoms with Crippen molar-refractivity contribution in [3.63, 3.8) is 0 Å². The van der Waals surface area contributed by atoms with Crippen molar-refractivity contribution in [3.8, 4) is 0 Å². The number of allylic oxidation sites excluding steroid dienone is 1. The number of halogens is 5. The van der Waals surface area contributed by atoms with Crippen molar-refractivity contribution >= 4 is 34.8 Å². The number of pyridine rings is 1. The summed E-state index contributed by atoms with van der Waals surface area (Å²) in [5, 5.41) is 1.73. The number of anilines is 1. The highest BCUT2D eigenvalue weighted by Crippen LogP contribution is 2.22. The summed E-state index contributed by atoms with van der Waals surface area (Å²) >= 11 is 10.7. The van der Waals surface area contributed by atoms with E-state index in [0.717, 1.165) is 0 Å². The summed E-state index contributed by atoms with van der Waals surface area (Å²) < 4.78 is 35.8. The van der Waals surface area contributed by atoms with Crippen LogP contribution in [0.4, 0.5) is 19.0 Å². The summed E-state index contributed by atoms with van der Waals surface area (Å²) in [5.41, 5.74) is 0. The van der Waals surface area contributed by atoms with Crippen molar-refractivity contribution in [1.82, 2.24) is 4.98 Å². The number of nitrogens with one attached hydrogen (secondary N) is 1. The Morgan fingerprint density at radius 2 is 2.06 bits per heavy atom. The Kier molecular flexibility index (Phi) is 4.36. The van der Waals surface area contributed by atoms with Gasteiger partial charge in [0.25, 0.3) is 5.78 Å². The second-order valence-corrected chi connectivity index (χ2v) is 3.67. The largest absolute Gasteiger partial charge is 0.455 e. The molecule has 0 aliphatic carbocycles. The number of rotatable bonds is 3. The maximum absolute atomic E-state index is 11.9. The Hall–Kier alpha value is -1.27. The molecule has 0 amide bonds. The molecule has 0 aliphatic rings. The number of aromatic nitrogens is 1. The van der Waals surface area contributed by atoms with E-state index in [2.05, 4.69) is 10.3 Å². The molecule has 3 nitrogen and oxygen atoms in total. The van der Waals surface area contributed by atoms with E-state index >= 15 is 0 Å². The molecule has 0 aromatic carbocycles. The fraction of sp³-hybridized carbons (Fsp3) is 0.111. The second kappa shape index (κ2) is 5.37. The van der Waals surface area contributed by atoms with Crippen LogP contribution in [0, 0.1) is 0 Å². The van der Waals surface area contributed by atoms with Gasteiger partial charge in [0.15, 0.2) is 0 Å². The number of carbonyl (C=O) groups excluding carboxylic acids is 1. The van der Waals surface area contributed by atoms with Gasteiger partial charge in [0.05, 0.1) is 5.02 Å². The number of hydrogen-bond donors (Lipinski definition) is 1. The van der Waals surface area contributed by atoms with Gasteiger partial charge in [-0.1, -0.05) is 23.2 Å². The first-order valence-corrected chi connectivity index (χ1v) is 4.91. The van der Waals surface area contributed by atoms with E-state index < -0.39 is 17.0 Å². The Morgan fingerprint density at radius 1 is 1.41 bits per heavy atom. The summed E-state index contributed by atoms with van der Waals surface area (Å²) in [6.07, 6.45) is -2.99. The predicted molar refractivity (Wildman–Crippen MR) is 57.9 cm³/mol. The van der Waals surface area contributed by atoms with Crippen LogP contribution >= 0.6 is 23.2 Å². The first-order valence-electron chi connectivity index (χ1n) is 4.16. The van der Waals surface area contributed by atoms with E-state index in [4.69, 9.17) is 23.2 Å². The van der Waals surface area contributed by atoms with Gasteiger partial charge in [-0.25, -0.2) is 4.98 Å². The van der Waals surface area contributed by atoms with Crippen LogP contribution in [0.15, 0.2) is 29.6 Å². The molecule has 0 atom stereocenters. The third kappa shape index (κ3) is 4.24. The maximum Gasteiger partial charge on any atom is 0.455 e. The van der Waals surface area contributed by atoms with Crippen LogP contribution in [0.25, 0.3) is 0 Å². The van der Waals surface area contributed by atoms with Crippen LogP contribution in [-0.4, -0.2) is 16.9 Å². The molecular formula is C9H5Cl2F3N2O. The quantitative estimate of drug-likeness (QED) is 0.866. The molecule has 92 valence electrons. The number of ketones is 1. The van der Waals surface area contributed by atoms with E-state index in [-0.39, 0.29) is 5.82 Å². The Morgan fingerprint density at radius 3 is 2.53 bits per heavy atom. The van der Waals surface area contributed by atoms with E-state index in [0.29, 0.717) is 11.2 Å². The highest BCUT2D eigenvalue weighted by atomic mass is 35.5. The lowest BCUT2D eigenvalue weighted by molar-refractivity contribution is -0.165. The van der Waals surface area contributed by atoms with E-state index in [9.17, 15) is 18.0 Å². The lowest BCUT2D eigenvalue weighted by atomic mass is 10.3. The van der Waals surface area contributed by atoms with Gasteiger partial charge >= 0.3 is 6.18 Å². The molecule has 17 heavy (non-hydrogen) atoms. The number of hydrogen-bond acceptors (Lipinski definition) is 3. The molecule has 0 saturated heterocycles. The van der Waals surface area contributed by atoms with E-state index in [1.165, 1.54) is 18.3 Å². The fourth-order valence-corrected chi connectivity index (χ4v) is 1.07. The van der Waals surface area contributed by atoms with Crippen molar-refractivity contribution < 1.29 is 18.0 Å². The fourth-order valence-electron chi connectivity index (χ4n) is 0.799. The molecule has 0 saturated carbocycles. The molecule has 1 N–H and O–H groups in total. The van der Waals surface area contributed by atoms with Crippen LogP contribution in [0.2, 0.25) is 5.02 Å². The second-order valence-electron chi connectivity index (χ2n) is 2.83. The van der Waals surface area contributed by atoms with Crippen LogP contribution in [0.3, 0.4) is 0 Å². The summed E-state index contributed by atoms with van der Waals surface area (Å²) in [6, 6.07) is 2.89. The lowest BCUT2D eigenvalue weighted by Gasteiger charge is -2.04. The SMILES string of the molecule is O=C(/C(Cl)=C/Nc1ccc(Cl)cn1)C(F)(F)F. The molecule has 0 spiro atoms. The third-order valence-corrected chi connectivity index (χ3v) is 2.05. The van der Waals surface area contributed by atoms with Crippen molar-refractivity contribution in [3.05, 3.63) is 34.6 Å². The average molecular weight is 285 g/mol. The first kappa shape index (κ1) is 13.8. The number of carbonyl (C=O) groups is 1. The molecule has 8 heteroatoms. The van der Waals surface area contributed by atoms with Gasteiger partial charge in [-0.15, -0.1) is 0 Å². The minimum atomic E-state index is -5.00. The molecule has 0 radical (unpaired) electrons. The topological polar surface area (TPSA) is 42.0 Å². The Balaban J connectivity index is 2.71. The zero-order chi connectivity index (χ0) is 13.1. The monoisotopic (exact) mass is 284 g/mol. The van der Waals surface area contributed by atoms with Crippen molar-refractivity contribution in [2.45, 2.75) is 6.18 Å². The van der Waals surface area contributed by atoms with E-state index in [1.54, 1.807) is 0 Å². The smallest absolute Gasteiger partial charge is 0.345 e.